The maximum atomic E-state index is 12.5. The molecule has 2 N–H and O–H groups in total. The lowest BCUT2D eigenvalue weighted by molar-refractivity contribution is 0.0636. The minimum Gasteiger partial charge on any atom is -0.338 e. The molecule has 1 aromatic rings. The summed E-state index contributed by atoms with van der Waals surface area (Å²) in [5, 5.41) is 5.55. The fourth-order valence-electron chi connectivity index (χ4n) is 3.12. The molecule has 0 spiro atoms. The van der Waals surface area contributed by atoms with Crippen LogP contribution in [0.4, 0.5) is 10.5 Å². The van der Waals surface area contributed by atoms with Crippen molar-refractivity contribution in [3.05, 3.63) is 29.3 Å². The summed E-state index contributed by atoms with van der Waals surface area (Å²) in [6.45, 7) is 12.1. The number of nitrogens with one attached hydrogen (secondary N) is 2. The molecule has 0 unspecified atom stereocenters. The van der Waals surface area contributed by atoms with Gasteiger partial charge in [-0.3, -0.25) is 14.5 Å². The van der Waals surface area contributed by atoms with E-state index in [1.807, 2.05) is 13.8 Å². The Hall–Kier alpha value is -2.41. The van der Waals surface area contributed by atoms with Crippen LogP contribution in [0.3, 0.4) is 0 Å². The van der Waals surface area contributed by atoms with Gasteiger partial charge in [0, 0.05) is 18.8 Å². The van der Waals surface area contributed by atoms with Crippen LogP contribution >= 0.6 is 0 Å². The van der Waals surface area contributed by atoms with Crippen molar-refractivity contribution in [3.8, 4) is 0 Å². The quantitative estimate of drug-likeness (QED) is 0.514. The summed E-state index contributed by atoms with van der Waals surface area (Å²) in [5.74, 6) is -0.366. The number of urea groups is 1. The molecule has 0 bridgehead atoms. The van der Waals surface area contributed by atoms with Crippen LogP contribution < -0.4 is 10.6 Å². The van der Waals surface area contributed by atoms with Crippen LogP contribution in [0, 0.1) is 5.92 Å². The highest BCUT2D eigenvalue weighted by atomic mass is 16.2. The fraction of sp³-hybridized carbons (Fsp3) is 0.550. The van der Waals surface area contributed by atoms with Gasteiger partial charge in [0.15, 0.2) is 0 Å². The summed E-state index contributed by atoms with van der Waals surface area (Å²) in [4.78, 5) is 40.5. The average Bonchev–Trinajstić information content (AvgIpc) is 2.86. The Morgan fingerprint density at radius 3 is 2.41 bits per heavy atom. The van der Waals surface area contributed by atoms with Crippen LogP contribution in [0.15, 0.2) is 18.2 Å². The molecule has 0 saturated heterocycles. The van der Waals surface area contributed by atoms with E-state index in [1.165, 1.54) is 4.90 Å². The molecule has 1 heterocycles. The number of carbonyl (C=O) groups is 3. The van der Waals surface area contributed by atoms with E-state index in [9.17, 15) is 14.4 Å². The Morgan fingerprint density at radius 2 is 1.78 bits per heavy atom. The standard InChI is InChI=1S/C20H30N4O3/c1-5-23(6-2)11-7-10-21-20(27)22-15-8-9-16-17(12-15)19(26)24(18(16)25)13-14(3)4/h8-9,12,14H,5-7,10-11,13H2,1-4H3,(H2,21,22,27). The molecule has 7 nitrogen and oxygen atoms in total. The van der Waals surface area contributed by atoms with Crippen LogP contribution in [0.2, 0.25) is 0 Å². The molecular weight excluding hydrogens is 344 g/mol. The minimum absolute atomic E-state index is 0.201. The summed E-state index contributed by atoms with van der Waals surface area (Å²) in [6, 6.07) is 4.51. The Balaban J connectivity index is 1.91. The summed E-state index contributed by atoms with van der Waals surface area (Å²) in [6.07, 6.45) is 0.871. The molecule has 2 rings (SSSR count). The zero-order valence-corrected chi connectivity index (χ0v) is 16.7. The zero-order valence-electron chi connectivity index (χ0n) is 16.7. The first-order valence-corrected chi connectivity index (χ1v) is 9.64. The molecule has 27 heavy (non-hydrogen) atoms. The van der Waals surface area contributed by atoms with Crippen LogP contribution in [0.5, 0.6) is 0 Å². The van der Waals surface area contributed by atoms with Crippen molar-refractivity contribution in [2.45, 2.75) is 34.1 Å². The first-order chi connectivity index (χ1) is 12.9. The molecular formula is C20H30N4O3. The second-order valence-corrected chi connectivity index (χ2v) is 7.14. The number of carbonyl (C=O) groups excluding carboxylic acids is 3. The van der Waals surface area contributed by atoms with Crippen molar-refractivity contribution in [3.63, 3.8) is 0 Å². The van der Waals surface area contributed by atoms with Gasteiger partial charge in [0.2, 0.25) is 0 Å². The van der Waals surface area contributed by atoms with E-state index in [1.54, 1.807) is 18.2 Å². The molecule has 0 radical (unpaired) electrons. The smallest absolute Gasteiger partial charge is 0.319 e. The first kappa shape index (κ1) is 20.9. The summed E-state index contributed by atoms with van der Waals surface area (Å²) < 4.78 is 0. The first-order valence-electron chi connectivity index (χ1n) is 9.64. The number of hydrogen-bond donors (Lipinski definition) is 2. The van der Waals surface area contributed by atoms with Gasteiger partial charge in [-0.1, -0.05) is 27.7 Å². The van der Waals surface area contributed by atoms with Crippen molar-refractivity contribution in [2.75, 3.05) is 38.0 Å². The zero-order chi connectivity index (χ0) is 20.0. The van der Waals surface area contributed by atoms with Crippen LogP contribution in [-0.4, -0.2) is 60.4 Å². The van der Waals surface area contributed by atoms with E-state index in [0.29, 0.717) is 29.9 Å². The second kappa shape index (κ2) is 9.50. The lowest BCUT2D eigenvalue weighted by Gasteiger charge is -2.17. The number of nitrogens with zero attached hydrogens (tertiary/aromatic N) is 2. The predicted molar refractivity (Wildman–Crippen MR) is 106 cm³/mol. The predicted octanol–water partition coefficient (Wildman–Crippen LogP) is 2.79. The second-order valence-electron chi connectivity index (χ2n) is 7.14. The lowest BCUT2D eigenvalue weighted by atomic mass is 10.1. The van der Waals surface area contributed by atoms with Gasteiger partial charge in [-0.2, -0.15) is 0 Å². The summed E-state index contributed by atoms with van der Waals surface area (Å²) >= 11 is 0. The molecule has 1 aromatic carbocycles. The van der Waals surface area contributed by atoms with E-state index in [-0.39, 0.29) is 23.8 Å². The maximum Gasteiger partial charge on any atom is 0.319 e. The van der Waals surface area contributed by atoms with Gasteiger partial charge in [0.25, 0.3) is 11.8 Å². The van der Waals surface area contributed by atoms with E-state index in [4.69, 9.17) is 0 Å². The number of rotatable bonds is 9. The lowest BCUT2D eigenvalue weighted by Crippen LogP contribution is -2.33. The van der Waals surface area contributed by atoms with Gasteiger partial charge in [0.1, 0.15) is 0 Å². The van der Waals surface area contributed by atoms with Crippen LogP contribution in [0.25, 0.3) is 0 Å². The molecule has 0 aliphatic carbocycles. The Labute approximate surface area is 161 Å². The number of anilines is 1. The van der Waals surface area contributed by atoms with Gasteiger partial charge in [0.05, 0.1) is 11.1 Å². The third-order valence-electron chi connectivity index (χ3n) is 4.61. The molecule has 0 aromatic heterocycles. The highest BCUT2D eigenvalue weighted by Gasteiger charge is 2.35. The summed E-state index contributed by atoms with van der Waals surface area (Å²) in [5.41, 5.74) is 1.24. The van der Waals surface area contributed by atoms with Crippen LogP contribution in [-0.2, 0) is 0 Å². The molecule has 148 valence electrons. The molecule has 4 amide bonds. The Kier molecular flexibility index (Phi) is 7.36. The van der Waals surface area contributed by atoms with E-state index < -0.39 is 0 Å². The van der Waals surface area contributed by atoms with E-state index in [2.05, 4.69) is 29.4 Å². The van der Waals surface area contributed by atoms with Crippen molar-refractivity contribution >= 4 is 23.5 Å². The van der Waals surface area contributed by atoms with Crippen molar-refractivity contribution < 1.29 is 14.4 Å². The van der Waals surface area contributed by atoms with E-state index in [0.717, 1.165) is 26.1 Å². The van der Waals surface area contributed by atoms with Gasteiger partial charge >= 0.3 is 6.03 Å². The van der Waals surface area contributed by atoms with Gasteiger partial charge in [-0.25, -0.2) is 4.79 Å². The topological polar surface area (TPSA) is 81.8 Å². The van der Waals surface area contributed by atoms with Gasteiger partial charge in [-0.05, 0) is 50.2 Å². The monoisotopic (exact) mass is 374 g/mol. The number of imide groups is 1. The number of amides is 4. The fourth-order valence-corrected chi connectivity index (χ4v) is 3.12. The number of hydrogen-bond acceptors (Lipinski definition) is 4. The number of benzene rings is 1. The summed E-state index contributed by atoms with van der Waals surface area (Å²) in [7, 11) is 0. The Morgan fingerprint density at radius 1 is 1.11 bits per heavy atom. The Bertz CT molecular complexity index is 698. The highest BCUT2D eigenvalue weighted by molar-refractivity contribution is 6.21. The minimum atomic E-state index is -0.315. The molecule has 1 aliphatic heterocycles. The third-order valence-corrected chi connectivity index (χ3v) is 4.61. The highest BCUT2D eigenvalue weighted by Crippen LogP contribution is 2.26. The maximum absolute atomic E-state index is 12.5. The van der Waals surface area contributed by atoms with Crippen LogP contribution in [0.1, 0.15) is 54.8 Å². The molecule has 7 heteroatoms. The SMILES string of the molecule is CCN(CC)CCCNC(=O)Nc1ccc2c(c1)C(=O)N(CC(C)C)C2=O. The van der Waals surface area contributed by atoms with E-state index >= 15 is 0 Å². The van der Waals surface area contributed by atoms with Gasteiger partial charge < -0.3 is 15.5 Å². The largest absolute Gasteiger partial charge is 0.338 e. The number of fused-ring (bicyclic) bond motifs is 1. The van der Waals surface area contributed by atoms with Crippen molar-refractivity contribution in [2.24, 2.45) is 5.92 Å². The molecule has 0 saturated carbocycles. The normalized spacial score (nSPS) is 13.5. The molecule has 1 aliphatic rings. The third kappa shape index (κ3) is 5.29. The van der Waals surface area contributed by atoms with Crippen molar-refractivity contribution in [1.82, 2.24) is 15.1 Å². The van der Waals surface area contributed by atoms with Crippen molar-refractivity contribution in [1.29, 1.82) is 0 Å². The molecule has 0 atom stereocenters. The molecule has 0 fully saturated rings. The average molecular weight is 374 g/mol. The van der Waals surface area contributed by atoms with Gasteiger partial charge in [-0.15, -0.1) is 0 Å².